The Morgan fingerprint density at radius 2 is 1.87 bits per heavy atom. The molecule has 1 aromatic carbocycles. The fourth-order valence-electron chi connectivity index (χ4n) is 1.21. The molecule has 0 saturated carbocycles. The van der Waals surface area contributed by atoms with Crippen molar-refractivity contribution in [2.75, 3.05) is 7.05 Å². The number of alkyl halides is 3. The van der Waals surface area contributed by atoms with E-state index in [0.29, 0.717) is 0 Å². The maximum absolute atomic E-state index is 13.2. The standard InChI is InChI=1S/C10H11F4N/c1-6(15-2)8-5-7(10(12,13)14)3-4-9(8)11/h3-6,15H,1-2H3. The average Bonchev–Trinajstić information content (AvgIpc) is 2.15. The molecule has 1 atom stereocenters. The van der Waals surface area contributed by atoms with Crippen molar-refractivity contribution in [2.45, 2.75) is 19.1 Å². The van der Waals surface area contributed by atoms with Crippen molar-refractivity contribution in [2.24, 2.45) is 0 Å². The molecule has 0 fully saturated rings. The van der Waals surface area contributed by atoms with Gasteiger partial charge in [-0.25, -0.2) is 4.39 Å². The first-order valence-corrected chi connectivity index (χ1v) is 4.40. The fourth-order valence-corrected chi connectivity index (χ4v) is 1.21. The smallest absolute Gasteiger partial charge is 0.313 e. The van der Waals surface area contributed by atoms with Crippen LogP contribution in [-0.4, -0.2) is 7.05 Å². The zero-order chi connectivity index (χ0) is 11.6. The van der Waals surface area contributed by atoms with Gasteiger partial charge in [-0.2, -0.15) is 13.2 Å². The second-order valence-electron chi connectivity index (χ2n) is 3.24. The summed E-state index contributed by atoms with van der Waals surface area (Å²) in [6.45, 7) is 1.60. The van der Waals surface area contributed by atoms with Crippen molar-refractivity contribution in [3.05, 3.63) is 35.1 Å². The molecule has 0 aliphatic carbocycles. The fraction of sp³-hybridized carbons (Fsp3) is 0.400. The summed E-state index contributed by atoms with van der Waals surface area (Å²) in [6, 6.07) is 1.95. The highest BCUT2D eigenvalue weighted by Gasteiger charge is 2.31. The lowest BCUT2D eigenvalue weighted by atomic mass is 10.0. The minimum Gasteiger partial charge on any atom is -0.313 e. The third-order valence-electron chi connectivity index (χ3n) is 2.22. The van der Waals surface area contributed by atoms with Gasteiger partial charge in [-0.1, -0.05) is 0 Å². The Bertz CT molecular complexity index is 346. The van der Waals surface area contributed by atoms with E-state index in [9.17, 15) is 17.6 Å². The van der Waals surface area contributed by atoms with Crippen molar-refractivity contribution >= 4 is 0 Å². The van der Waals surface area contributed by atoms with Crippen LogP contribution in [0.3, 0.4) is 0 Å². The van der Waals surface area contributed by atoms with Crippen LogP contribution in [0, 0.1) is 5.82 Å². The van der Waals surface area contributed by atoms with Gasteiger partial charge in [0.05, 0.1) is 5.56 Å². The van der Waals surface area contributed by atoms with Crippen molar-refractivity contribution in [3.8, 4) is 0 Å². The molecule has 1 aromatic rings. The molecule has 1 N–H and O–H groups in total. The molecular weight excluding hydrogens is 210 g/mol. The molecule has 1 unspecified atom stereocenters. The average molecular weight is 221 g/mol. The Labute approximate surface area is 85.1 Å². The highest BCUT2D eigenvalue weighted by molar-refractivity contribution is 5.29. The number of rotatable bonds is 2. The van der Waals surface area contributed by atoms with Gasteiger partial charge < -0.3 is 5.32 Å². The quantitative estimate of drug-likeness (QED) is 0.756. The van der Waals surface area contributed by atoms with Crippen LogP contribution in [0.15, 0.2) is 18.2 Å². The number of hydrogen-bond acceptors (Lipinski definition) is 1. The first-order chi connectivity index (χ1) is 6.86. The molecule has 0 radical (unpaired) electrons. The van der Waals surface area contributed by atoms with Crippen LogP contribution in [0.2, 0.25) is 0 Å². The lowest BCUT2D eigenvalue weighted by Gasteiger charge is -2.14. The van der Waals surface area contributed by atoms with Gasteiger partial charge in [0.2, 0.25) is 0 Å². The van der Waals surface area contributed by atoms with Gasteiger partial charge in [0, 0.05) is 11.6 Å². The number of nitrogens with one attached hydrogen (secondary N) is 1. The van der Waals surface area contributed by atoms with Gasteiger partial charge in [0.25, 0.3) is 0 Å². The highest BCUT2D eigenvalue weighted by atomic mass is 19.4. The van der Waals surface area contributed by atoms with Crippen LogP contribution in [0.1, 0.15) is 24.1 Å². The molecule has 0 aromatic heterocycles. The van der Waals surface area contributed by atoms with Crippen LogP contribution >= 0.6 is 0 Å². The van der Waals surface area contributed by atoms with Crippen LogP contribution in [0.25, 0.3) is 0 Å². The first kappa shape index (κ1) is 12.0. The summed E-state index contributed by atoms with van der Waals surface area (Å²) >= 11 is 0. The van der Waals surface area contributed by atoms with E-state index in [1.54, 1.807) is 14.0 Å². The topological polar surface area (TPSA) is 12.0 Å². The van der Waals surface area contributed by atoms with Gasteiger partial charge in [0.15, 0.2) is 0 Å². The molecule has 1 rings (SSSR count). The SMILES string of the molecule is CNC(C)c1cc(C(F)(F)F)ccc1F. The molecule has 0 spiro atoms. The predicted octanol–water partition coefficient (Wildman–Crippen LogP) is 3.12. The van der Waals surface area contributed by atoms with Gasteiger partial charge in [-0.3, -0.25) is 0 Å². The minimum absolute atomic E-state index is 0.0207. The van der Waals surface area contributed by atoms with Crippen LogP contribution in [0.5, 0.6) is 0 Å². The molecule has 15 heavy (non-hydrogen) atoms. The van der Waals surface area contributed by atoms with E-state index in [0.717, 1.165) is 18.2 Å². The third-order valence-corrected chi connectivity index (χ3v) is 2.22. The van der Waals surface area contributed by atoms with Gasteiger partial charge in [-0.05, 0) is 32.2 Å². The molecule has 0 aliphatic heterocycles. The molecule has 0 aliphatic rings. The molecule has 84 valence electrons. The summed E-state index contributed by atoms with van der Waals surface area (Å²) in [4.78, 5) is 0. The zero-order valence-electron chi connectivity index (χ0n) is 8.32. The predicted molar refractivity (Wildman–Crippen MR) is 48.9 cm³/mol. The van der Waals surface area contributed by atoms with Crippen molar-refractivity contribution < 1.29 is 17.6 Å². The maximum atomic E-state index is 13.2. The summed E-state index contributed by atoms with van der Waals surface area (Å²) in [5, 5.41) is 2.69. The molecule has 0 heterocycles. The van der Waals surface area contributed by atoms with Crippen molar-refractivity contribution in [1.29, 1.82) is 0 Å². The highest BCUT2D eigenvalue weighted by Crippen LogP contribution is 2.31. The van der Waals surface area contributed by atoms with Gasteiger partial charge >= 0.3 is 6.18 Å². The number of benzene rings is 1. The normalized spacial score (nSPS) is 14.0. The molecule has 0 bridgehead atoms. The number of halogens is 4. The summed E-state index contributed by atoms with van der Waals surface area (Å²) in [5.74, 6) is -0.634. The Hall–Kier alpha value is -1.10. The van der Waals surface area contributed by atoms with E-state index in [4.69, 9.17) is 0 Å². The van der Waals surface area contributed by atoms with E-state index in [-0.39, 0.29) is 5.56 Å². The Morgan fingerprint density at radius 1 is 1.27 bits per heavy atom. The summed E-state index contributed by atoms with van der Waals surface area (Å²) in [5.41, 5.74) is -0.812. The molecular formula is C10H11F4N. The van der Waals surface area contributed by atoms with E-state index >= 15 is 0 Å². The van der Waals surface area contributed by atoms with Crippen LogP contribution in [-0.2, 0) is 6.18 Å². The molecule has 1 nitrogen and oxygen atoms in total. The second kappa shape index (κ2) is 4.18. The summed E-state index contributed by atoms with van der Waals surface area (Å²) in [6.07, 6.45) is -4.43. The maximum Gasteiger partial charge on any atom is 0.416 e. The van der Waals surface area contributed by atoms with E-state index < -0.39 is 23.6 Å². The Morgan fingerprint density at radius 3 is 2.33 bits per heavy atom. The minimum atomic E-state index is -4.43. The lowest BCUT2D eigenvalue weighted by molar-refractivity contribution is -0.137. The van der Waals surface area contributed by atoms with Gasteiger partial charge in [0.1, 0.15) is 5.82 Å². The Kier molecular flexibility index (Phi) is 3.34. The second-order valence-corrected chi connectivity index (χ2v) is 3.24. The molecule has 5 heteroatoms. The summed E-state index contributed by atoms with van der Waals surface area (Å²) < 4.78 is 50.2. The van der Waals surface area contributed by atoms with E-state index in [1.165, 1.54) is 0 Å². The van der Waals surface area contributed by atoms with Crippen LogP contribution < -0.4 is 5.32 Å². The largest absolute Gasteiger partial charge is 0.416 e. The van der Waals surface area contributed by atoms with Crippen molar-refractivity contribution in [3.63, 3.8) is 0 Å². The first-order valence-electron chi connectivity index (χ1n) is 4.40. The monoisotopic (exact) mass is 221 g/mol. The van der Waals surface area contributed by atoms with Crippen molar-refractivity contribution in [1.82, 2.24) is 5.32 Å². The zero-order valence-corrected chi connectivity index (χ0v) is 8.32. The van der Waals surface area contributed by atoms with Gasteiger partial charge in [-0.15, -0.1) is 0 Å². The third kappa shape index (κ3) is 2.68. The van der Waals surface area contributed by atoms with E-state index in [2.05, 4.69) is 5.32 Å². The van der Waals surface area contributed by atoms with Crippen LogP contribution in [0.4, 0.5) is 17.6 Å². The number of hydrogen-bond donors (Lipinski definition) is 1. The summed E-state index contributed by atoms with van der Waals surface area (Å²) in [7, 11) is 1.56. The lowest BCUT2D eigenvalue weighted by Crippen LogP contribution is -2.15. The molecule has 0 saturated heterocycles. The Balaban J connectivity index is 3.17. The van der Waals surface area contributed by atoms with E-state index in [1.807, 2.05) is 0 Å². The molecule has 0 amide bonds.